The second kappa shape index (κ2) is 9.19. The van der Waals surface area contributed by atoms with Crippen molar-refractivity contribution in [3.8, 4) is 17.2 Å². The van der Waals surface area contributed by atoms with E-state index in [1.807, 2.05) is 72.3 Å². The molecule has 4 aromatic rings. The van der Waals surface area contributed by atoms with E-state index < -0.39 is 0 Å². The number of amides is 1. The first-order valence-electron chi connectivity index (χ1n) is 9.31. The topological polar surface area (TPSA) is 64.4 Å². The van der Waals surface area contributed by atoms with Crippen LogP contribution in [0, 0.1) is 6.92 Å². The van der Waals surface area contributed by atoms with Gasteiger partial charge in [0.2, 0.25) is 11.8 Å². The molecule has 2 aromatic heterocycles. The van der Waals surface area contributed by atoms with Crippen molar-refractivity contribution >= 4 is 34.7 Å². The fourth-order valence-electron chi connectivity index (χ4n) is 2.85. The number of thiophene rings is 1. The van der Waals surface area contributed by atoms with Crippen LogP contribution in [0.25, 0.3) is 11.5 Å². The number of ether oxygens (including phenoxy) is 1. The zero-order valence-corrected chi connectivity index (χ0v) is 18.2. The SMILES string of the molecule is COc1ccc(Sc2ccc(NC(=O)Cc3nc(-c4ccsc4)oc3C)cc2)cc1. The molecule has 152 valence electrons. The number of nitrogens with one attached hydrogen (secondary N) is 1. The summed E-state index contributed by atoms with van der Waals surface area (Å²) in [6.45, 7) is 1.83. The number of aryl methyl sites for hydroxylation is 1. The first kappa shape index (κ1) is 20.3. The van der Waals surface area contributed by atoms with Crippen molar-refractivity contribution in [3.05, 3.63) is 76.8 Å². The minimum Gasteiger partial charge on any atom is -0.497 e. The number of anilines is 1. The van der Waals surface area contributed by atoms with Crippen LogP contribution in [0.15, 0.2) is 79.6 Å². The minimum atomic E-state index is -0.126. The number of rotatable bonds is 7. The fraction of sp³-hybridized carbons (Fsp3) is 0.130. The minimum absolute atomic E-state index is 0.126. The molecule has 0 aliphatic rings. The van der Waals surface area contributed by atoms with Gasteiger partial charge in [0.25, 0.3) is 0 Å². The predicted molar refractivity (Wildman–Crippen MR) is 120 cm³/mol. The summed E-state index contributed by atoms with van der Waals surface area (Å²) in [6.07, 6.45) is 0.168. The summed E-state index contributed by atoms with van der Waals surface area (Å²) < 4.78 is 10.9. The van der Waals surface area contributed by atoms with E-state index in [-0.39, 0.29) is 12.3 Å². The highest BCUT2D eigenvalue weighted by atomic mass is 32.2. The van der Waals surface area contributed by atoms with Crippen LogP contribution in [0.5, 0.6) is 5.75 Å². The Hall–Kier alpha value is -3.03. The van der Waals surface area contributed by atoms with Gasteiger partial charge in [-0.25, -0.2) is 4.98 Å². The van der Waals surface area contributed by atoms with Gasteiger partial charge in [-0.05, 0) is 66.9 Å². The van der Waals surface area contributed by atoms with Gasteiger partial charge in [-0.3, -0.25) is 4.79 Å². The molecular formula is C23H20N2O3S2. The van der Waals surface area contributed by atoms with Gasteiger partial charge in [0.15, 0.2) is 0 Å². The molecule has 0 radical (unpaired) electrons. The Kier molecular flexibility index (Phi) is 6.21. The van der Waals surface area contributed by atoms with E-state index in [1.165, 1.54) is 0 Å². The largest absolute Gasteiger partial charge is 0.497 e. The third-order valence-corrected chi connectivity index (χ3v) is 6.12. The molecular weight excluding hydrogens is 416 g/mol. The van der Waals surface area contributed by atoms with Crippen molar-refractivity contribution in [3.63, 3.8) is 0 Å². The zero-order chi connectivity index (χ0) is 20.9. The van der Waals surface area contributed by atoms with Gasteiger partial charge < -0.3 is 14.5 Å². The predicted octanol–water partition coefficient (Wildman–Crippen LogP) is 6.05. The lowest BCUT2D eigenvalue weighted by Gasteiger charge is -2.07. The number of methoxy groups -OCH3 is 1. The number of benzene rings is 2. The highest BCUT2D eigenvalue weighted by Crippen LogP contribution is 2.30. The molecule has 0 bridgehead atoms. The molecule has 2 aromatic carbocycles. The van der Waals surface area contributed by atoms with Gasteiger partial charge in [-0.1, -0.05) is 11.8 Å². The van der Waals surface area contributed by atoms with E-state index in [0.717, 1.165) is 26.8 Å². The van der Waals surface area contributed by atoms with Crippen LogP contribution in [-0.4, -0.2) is 18.0 Å². The first-order valence-corrected chi connectivity index (χ1v) is 11.1. The van der Waals surface area contributed by atoms with Gasteiger partial charge in [-0.15, -0.1) is 0 Å². The third kappa shape index (κ3) is 4.93. The molecule has 0 saturated heterocycles. The van der Waals surface area contributed by atoms with Crippen molar-refractivity contribution < 1.29 is 13.9 Å². The summed E-state index contributed by atoms with van der Waals surface area (Å²) in [5.74, 6) is 1.93. The van der Waals surface area contributed by atoms with Gasteiger partial charge in [0.05, 0.1) is 19.2 Å². The molecule has 5 nitrogen and oxygen atoms in total. The van der Waals surface area contributed by atoms with Crippen molar-refractivity contribution in [1.29, 1.82) is 0 Å². The Bertz CT molecular complexity index is 1120. The smallest absolute Gasteiger partial charge is 0.230 e. The van der Waals surface area contributed by atoms with E-state index >= 15 is 0 Å². The first-order chi connectivity index (χ1) is 14.6. The molecule has 2 heterocycles. The average Bonchev–Trinajstić information content (AvgIpc) is 3.40. The quantitative estimate of drug-likeness (QED) is 0.382. The monoisotopic (exact) mass is 436 g/mol. The third-order valence-electron chi connectivity index (χ3n) is 4.42. The summed E-state index contributed by atoms with van der Waals surface area (Å²) in [6, 6.07) is 17.6. The number of hydrogen-bond acceptors (Lipinski definition) is 6. The second-order valence-electron chi connectivity index (χ2n) is 6.56. The average molecular weight is 437 g/mol. The maximum absolute atomic E-state index is 12.5. The summed E-state index contributed by atoms with van der Waals surface area (Å²) in [5.41, 5.74) is 2.33. The van der Waals surface area contributed by atoms with Crippen LogP contribution in [0.3, 0.4) is 0 Å². The Labute approximate surface area is 183 Å². The van der Waals surface area contributed by atoms with E-state index in [4.69, 9.17) is 9.15 Å². The number of hydrogen-bond donors (Lipinski definition) is 1. The molecule has 7 heteroatoms. The van der Waals surface area contributed by atoms with Crippen LogP contribution in [0.2, 0.25) is 0 Å². The van der Waals surface area contributed by atoms with Crippen LogP contribution in [0.4, 0.5) is 5.69 Å². The molecule has 0 spiro atoms. The van der Waals surface area contributed by atoms with Crippen LogP contribution < -0.4 is 10.1 Å². The lowest BCUT2D eigenvalue weighted by Crippen LogP contribution is -2.15. The summed E-state index contributed by atoms with van der Waals surface area (Å²) in [5, 5.41) is 6.87. The van der Waals surface area contributed by atoms with Crippen molar-refractivity contribution in [1.82, 2.24) is 4.98 Å². The highest BCUT2D eigenvalue weighted by molar-refractivity contribution is 7.99. The van der Waals surface area contributed by atoms with Gasteiger partial charge in [0.1, 0.15) is 11.5 Å². The maximum atomic E-state index is 12.5. The van der Waals surface area contributed by atoms with Crippen LogP contribution in [-0.2, 0) is 11.2 Å². The van der Waals surface area contributed by atoms with Crippen molar-refractivity contribution in [2.45, 2.75) is 23.1 Å². The highest BCUT2D eigenvalue weighted by Gasteiger charge is 2.15. The number of aromatic nitrogens is 1. The lowest BCUT2D eigenvalue weighted by atomic mass is 10.2. The molecule has 0 atom stereocenters. The molecule has 30 heavy (non-hydrogen) atoms. The lowest BCUT2D eigenvalue weighted by molar-refractivity contribution is -0.115. The second-order valence-corrected chi connectivity index (χ2v) is 8.49. The fourth-order valence-corrected chi connectivity index (χ4v) is 4.29. The summed E-state index contributed by atoms with van der Waals surface area (Å²) in [4.78, 5) is 19.1. The van der Waals surface area contributed by atoms with E-state index in [9.17, 15) is 4.79 Å². The van der Waals surface area contributed by atoms with Crippen molar-refractivity contribution in [2.24, 2.45) is 0 Å². The van der Waals surface area contributed by atoms with Gasteiger partial charge in [0, 0.05) is 26.4 Å². The number of carbonyl (C=O) groups is 1. The Morgan fingerprint density at radius 2 is 1.80 bits per heavy atom. The summed E-state index contributed by atoms with van der Waals surface area (Å²) in [7, 11) is 1.65. The molecule has 0 unspecified atom stereocenters. The molecule has 4 rings (SSSR count). The summed E-state index contributed by atoms with van der Waals surface area (Å²) >= 11 is 3.23. The molecule has 0 aliphatic carbocycles. The molecule has 0 aliphatic heterocycles. The van der Waals surface area contributed by atoms with Crippen LogP contribution in [0.1, 0.15) is 11.5 Å². The molecule has 0 saturated carbocycles. The normalized spacial score (nSPS) is 10.7. The molecule has 1 amide bonds. The van der Waals surface area contributed by atoms with Crippen molar-refractivity contribution in [2.75, 3.05) is 12.4 Å². The molecule has 1 N–H and O–H groups in total. The Morgan fingerprint density at radius 1 is 1.10 bits per heavy atom. The number of carbonyl (C=O) groups excluding carboxylic acids is 1. The van der Waals surface area contributed by atoms with E-state index in [1.54, 1.807) is 30.2 Å². The van der Waals surface area contributed by atoms with E-state index in [0.29, 0.717) is 17.3 Å². The Morgan fingerprint density at radius 3 is 2.43 bits per heavy atom. The van der Waals surface area contributed by atoms with Gasteiger partial charge in [-0.2, -0.15) is 11.3 Å². The van der Waals surface area contributed by atoms with Crippen LogP contribution >= 0.6 is 23.1 Å². The number of nitrogens with zero attached hydrogens (tertiary/aromatic N) is 1. The maximum Gasteiger partial charge on any atom is 0.230 e. The standard InChI is InChI=1S/C23H20N2O3S2/c1-15-21(25-23(28-15)16-11-12-29-14-16)13-22(26)24-17-3-7-19(8-4-17)30-20-9-5-18(27-2)6-10-20/h3-12,14H,13H2,1-2H3,(H,24,26). The zero-order valence-electron chi connectivity index (χ0n) is 16.5. The Balaban J connectivity index is 1.35. The van der Waals surface area contributed by atoms with Gasteiger partial charge >= 0.3 is 0 Å². The molecule has 0 fully saturated rings. The van der Waals surface area contributed by atoms with E-state index in [2.05, 4.69) is 10.3 Å². The number of oxazole rings is 1.